The van der Waals surface area contributed by atoms with Gasteiger partial charge in [-0.05, 0) is 12.1 Å². The van der Waals surface area contributed by atoms with Gasteiger partial charge in [0.05, 0.1) is 0 Å². The Morgan fingerprint density at radius 1 is 1.25 bits per heavy atom. The van der Waals surface area contributed by atoms with Crippen LogP contribution in [0.5, 0.6) is 0 Å². The fourth-order valence-corrected chi connectivity index (χ4v) is 0.726. The van der Waals surface area contributed by atoms with E-state index in [4.69, 9.17) is 18.5 Å². The third-order valence-corrected chi connectivity index (χ3v) is 1.61. The average molecular weight is 253 g/mol. The van der Waals surface area contributed by atoms with E-state index in [0.717, 1.165) is 0 Å². The summed E-state index contributed by atoms with van der Waals surface area (Å²) in [5.41, 5.74) is 8.50. The molecule has 8 heteroatoms. The number of hydrogen-bond acceptors (Lipinski definition) is 4. The molecule has 1 N–H and O–H groups in total. The molecule has 0 radical (unpaired) electrons. The minimum absolute atomic E-state index is 0. The van der Waals surface area contributed by atoms with Gasteiger partial charge in [-0.3, -0.25) is 0 Å². The van der Waals surface area contributed by atoms with Crippen molar-refractivity contribution in [3.05, 3.63) is 35.9 Å². The van der Waals surface area contributed by atoms with Crippen LogP contribution in [0.15, 0.2) is 30.3 Å². The minimum atomic E-state index is -4.61. The van der Waals surface area contributed by atoms with Crippen molar-refractivity contribution >= 4 is 16.0 Å². The van der Waals surface area contributed by atoms with E-state index in [2.05, 4.69) is 17.0 Å². The van der Waals surface area contributed by atoms with Crippen molar-refractivity contribution in [2.24, 2.45) is 0 Å². The van der Waals surface area contributed by atoms with E-state index >= 15 is 0 Å². The van der Waals surface area contributed by atoms with Crippen LogP contribution in [0.2, 0.25) is 0 Å². The summed E-state index contributed by atoms with van der Waals surface area (Å²) in [6.07, 6.45) is 0. The smallest absolute Gasteiger partial charge is 0.694 e. The molecule has 6 nitrogen and oxygen atoms in total. The van der Waals surface area contributed by atoms with E-state index in [0.29, 0.717) is 4.52 Å². The third-order valence-electron chi connectivity index (χ3n) is 1.38. The maximum Gasteiger partial charge on any atom is 1.00 e. The fraction of sp³-hybridized carbons (Fsp3) is 0.250. The molecule has 0 atom stereocenters. The summed E-state index contributed by atoms with van der Waals surface area (Å²) in [5.74, 6) is 0. The molecule has 0 aliphatic rings. The molecule has 0 heterocycles. The first-order chi connectivity index (χ1) is 6.87. The molecule has 0 fully saturated rings. The zero-order chi connectivity index (χ0) is 11.9. The summed E-state index contributed by atoms with van der Waals surface area (Å²) in [4.78, 5) is 2.08. The number of rotatable bonds is 2. The van der Waals surface area contributed by atoms with Crippen LogP contribution in [0, 0.1) is 0 Å². The largest absolute Gasteiger partial charge is 1.00 e. The third kappa shape index (κ3) is 10.1. The molecule has 0 saturated carbocycles. The SMILES string of the molecule is CN(C)c1ccccc1.[N-]=[NH+]S(=O)(=O)[O-].[Na+]. The number of nitrogens with zero attached hydrogens (tertiary/aromatic N) is 2. The van der Waals surface area contributed by atoms with E-state index in [1.54, 1.807) is 0 Å². The van der Waals surface area contributed by atoms with Gasteiger partial charge in [0.1, 0.15) is 0 Å². The van der Waals surface area contributed by atoms with Gasteiger partial charge in [-0.2, -0.15) is 8.42 Å². The average Bonchev–Trinajstić information content (AvgIpc) is 2.19. The van der Waals surface area contributed by atoms with Gasteiger partial charge in [-0.1, -0.05) is 18.2 Å². The molecule has 0 amide bonds. The Kier molecular flexibility index (Phi) is 9.69. The van der Waals surface area contributed by atoms with Crippen LogP contribution < -0.4 is 39.0 Å². The Morgan fingerprint density at radius 3 is 1.81 bits per heavy atom. The van der Waals surface area contributed by atoms with Gasteiger partial charge >= 0.3 is 39.9 Å². The first-order valence-corrected chi connectivity index (χ1v) is 5.36. The maximum absolute atomic E-state index is 9.08. The van der Waals surface area contributed by atoms with E-state index < -0.39 is 10.3 Å². The molecule has 0 aliphatic heterocycles. The quantitative estimate of drug-likeness (QED) is 0.333. The van der Waals surface area contributed by atoms with Crippen LogP contribution in [0.25, 0.3) is 5.53 Å². The van der Waals surface area contributed by atoms with Gasteiger partial charge < -0.3 is 15.0 Å². The van der Waals surface area contributed by atoms with Crippen molar-refractivity contribution in [1.82, 2.24) is 0 Å². The number of hydrogen-bond donors (Lipinski definition) is 1. The first-order valence-electron chi connectivity index (χ1n) is 3.96. The normalized spacial score (nSPS) is 9.19. The molecule has 0 aliphatic carbocycles. The van der Waals surface area contributed by atoms with Crippen molar-refractivity contribution < 1.29 is 47.0 Å². The number of anilines is 1. The van der Waals surface area contributed by atoms with Gasteiger partial charge in [-0.25, -0.2) is 4.52 Å². The van der Waals surface area contributed by atoms with Gasteiger partial charge in [0.25, 0.3) is 0 Å². The molecule has 0 aromatic heterocycles. The standard InChI is InChI=1S/C8H11N.H2N2O3S.Na/c1-9(2)8-6-4-3-5-7-8;1-2-6(3,4)5;/h3-7H,1-2H3;2H,(H,3,4,5);/q;;+1/p-1. The van der Waals surface area contributed by atoms with E-state index in [-0.39, 0.29) is 29.6 Å². The zero-order valence-corrected chi connectivity index (χ0v) is 12.2. The summed E-state index contributed by atoms with van der Waals surface area (Å²) in [6.45, 7) is 0. The van der Waals surface area contributed by atoms with Gasteiger partial charge in [0.15, 0.2) is 0 Å². The van der Waals surface area contributed by atoms with Crippen LogP contribution in [0.4, 0.5) is 5.69 Å². The molecular weight excluding hydrogens is 241 g/mol. The Bertz CT molecular complexity index is 383. The summed E-state index contributed by atoms with van der Waals surface area (Å²) in [5, 5.41) is 0. The van der Waals surface area contributed by atoms with Crippen molar-refractivity contribution in [1.29, 1.82) is 0 Å². The van der Waals surface area contributed by atoms with E-state index in [1.807, 2.05) is 32.3 Å². The van der Waals surface area contributed by atoms with Crippen LogP contribution >= 0.6 is 0 Å². The molecular formula is C8H12N3NaO3S. The predicted molar refractivity (Wildman–Crippen MR) is 54.8 cm³/mol. The summed E-state index contributed by atoms with van der Waals surface area (Å²) in [6, 6.07) is 10.3. The Labute approximate surface area is 117 Å². The second-order valence-corrected chi connectivity index (χ2v) is 3.87. The van der Waals surface area contributed by atoms with E-state index in [9.17, 15) is 0 Å². The van der Waals surface area contributed by atoms with Gasteiger partial charge in [0, 0.05) is 19.8 Å². The fourth-order valence-electron chi connectivity index (χ4n) is 0.726. The minimum Gasteiger partial charge on any atom is -0.694 e. The molecule has 0 saturated heterocycles. The molecule has 1 aromatic carbocycles. The maximum atomic E-state index is 9.08. The monoisotopic (exact) mass is 253 g/mol. The van der Waals surface area contributed by atoms with Crippen molar-refractivity contribution in [3.63, 3.8) is 0 Å². The number of para-hydroxylation sites is 1. The molecule has 0 unspecified atom stereocenters. The van der Waals surface area contributed by atoms with Crippen LogP contribution in [-0.2, 0) is 10.3 Å². The summed E-state index contributed by atoms with van der Waals surface area (Å²) in [7, 11) is -0.532. The molecule has 0 bridgehead atoms. The molecule has 16 heavy (non-hydrogen) atoms. The first kappa shape index (κ1) is 17.9. The van der Waals surface area contributed by atoms with E-state index in [1.165, 1.54) is 5.69 Å². The second-order valence-electron chi connectivity index (χ2n) is 2.78. The Morgan fingerprint density at radius 2 is 1.62 bits per heavy atom. The molecule has 0 spiro atoms. The molecule has 84 valence electrons. The zero-order valence-electron chi connectivity index (χ0n) is 9.41. The Hall–Kier alpha value is -0.470. The predicted octanol–water partition coefficient (Wildman–Crippen LogP) is -3.69. The summed E-state index contributed by atoms with van der Waals surface area (Å²) >= 11 is 0. The van der Waals surface area contributed by atoms with Crippen LogP contribution in [0.3, 0.4) is 0 Å². The van der Waals surface area contributed by atoms with Gasteiger partial charge in [0.2, 0.25) is 0 Å². The number of nitrogens with one attached hydrogen (secondary N) is 1. The second kappa shape index (κ2) is 8.66. The molecule has 1 rings (SSSR count). The van der Waals surface area contributed by atoms with Crippen molar-refractivity contribution in [2.45, 2.75) is 0 Å². The van der Waals surface area contributed by atoms with Crippen molar-refractivity contribution in [3.8, 4) is 0 Å². The topological polar surface area (TPSA) is 96.7 Å². The van der Waals surface area contributed by atoms with Crippen molar-refractivity contribution in [2.75, 3.05) is 19.0 Å². The summed E-state index contributed by atoms with van der Waals surface area (Å²) < 4.78 is 27.8. The van der Waals surface area contributed by atoms with Gasteiger partial charge in [-0.15, -0.1) is 0 Å². The molecule has 1 aromatic rings. The van der Waals surface area contributed by atoms with Crippen LogP contribution in [-0.4, -0.2) is 27.1 Å². The van der Waals surface area contributed by atoms with Crippen LogP contribution in [0.1, 0.15) is 0 Å². The Balaban J connectivity index is 0. The number of benzene rings is 1.